The summed E-state index contributed by atoms with van der Waals surface area (Å²) in [6.45, 7) is 2.36. The lowest BCUT2D eigenvalue weighted by molar-refractivity contribution is -0.147. The third kappa shape index (κ3) is 4.96. The van der Waals surface area contributed by atoms with Crippen LogP contribution in [0, 0.1) is 0 Å². The summed E-state index contributed by atoms with van der Waals surface area (Å²) in [5.41, 5.74) is 0.203. The zero-order chi connectivity index (χ0) is 18.3. The van der Waals surface area contributed by atoms with Gasteiger partial charge in [0.25, 0.3) is 5.91 Å². The second kappa shape index (κ2) is 8.87. The van der Waals surface area contributed by atoms with E-state index >= 15 is 0 Å². The smallest absolute Gasteiger partial charge is 0.326 e. The van der Waals surface area contributed by atoms with Crippen molar-refractivity contribution < 1.29 is 19.1 Å². The van der Waals surface area contributed by atoms with Crippen molar-refractivity contribution >= 4 is 35.2 Å². The van der Waals surface area contributed by atoms with E-state index < -0.39 is 5.54 Å². The average Bonchev–Trinajstić information content (AvgIpc) is 3.10. The number of methoxy groups -OCH3 is 1. The Balaban J connectivity index is 1.95. The summed E-state index contributed by atoms with van der Waals surface area (Å²) in [5.74, 6) is 0.610. The van der Waals surface area contributed by atoms with Gasteiger partial charge < -0.3 is 15.4 Å². The number of hydrogen-bond donors (Lipinski definition) is 3. The van der Waals surface area contributed by atoms with Crippen LogP contribution in [0.1, 0.15) is 23.7 Å². The van der Waals surface area contributed by atoms with Crippen LogP contribution in [0.3, 0.4) is 0 Å². The summed E-state index contributed by atoms with van der Waals surface area (Å²) in [6, 6.07) is 6.71. The molecule has 3 N–H and O–H groups in total. The first-order valence-corrected chi connectivity index (χ1v) is 9.25. The molecule has 2 rings (SSSR count). The van der Waals surface area contributed by atoms with Crippen molar-refractivity contribution in [3.63, 3.8) is 0 Å². The highest BCUT2D eigenvalue weighted by molar-refractivity contribution is 7.99. The lowest BCUT2D eigenvalue weighted by atomic mass is 9.99. The molecule has 2 amide bonds. The number of benzene rings is 1. The van der Waals surface area contributed by atoms with E-state index in [-0.39, 0.29) is 24.3 Å². The topological polar surface area (TPSA) is 96.5 Å². The normalized spacial score (nSPS) is 19.3. The zero-order valence-corrected chi connectivity index (χ0v) is 15.2. The molecule has 0 saturated carbocycles. The van der Waals surface area contributed by atoms with Crippen LogP contribution < -0.4 is 16.0 Å². The number of rotatable bonds is 7. The van der Waals surface area contributed by atoms with Crippen LogP contribution in [0.4, 0.5) is 5.69 Å². The number of anilines is 1. The number of carbonyl (C=O) groups is 3. The van der Waals surface area contributed by atoms with E-state index in [2.05, 4.69) is 16.0 Å². The largest absolute Gasteiger partial charge is 0.468 e. The number of amides is 2. The molecule has 0 spiro atoms. The van der Waals surface area contributed by atoms with Gasteiger partial charge in [0.1, 0.15) is 5.54 Å². The van der Waals surface area contributed by atoms with Crippen LogP contribution in [-0.2, 0) is 14.3 Å². The van der Waals surface area contributed by atoms with Gasteiger partial charge >= 0.3 is 5.97 Å². The molecule has 1 unspecified atom stereocenters. The van der Waals surface area contributed by atoms with Crippen LogP contribution in [-0.4, -0.2) is 55.0 Å². The molecule has 1 saturated heterocycles. The van der Waals surface area contributed by atoms with E-state index in [0.717, 1.165) is 5.75 Å². The zero-order valence-electron chi connectivity index (χ0n) is 14.4. The lowest BCUT2D eigenvalue weighted by Gasteiger charge is -2.26. The number of thioether (sulfide) groups is 1. The Labute approximate surface area is 151 Å². The van der Waals surface area contributed by atoms with Gasteiger partial charge in [0.05, 0.1) is 13.7 Å². The molecule has 0 radical (unpaired) electrons. The van der Waals surface area contributed by atoms with E-state index in [1.54, 1.807) is 36.0 Å². The van der Waals surface area contributed by atoms with Crippen LogP contribution in [0.25, 0.3) is 0 Å². The van der Waals surface area contributed by atoms with Crippen molar-refractivity contribution in [2.75, 3.05) is 37.0 Å². The average molecular weight is 365 g/mol. The summed E-state index contributed by atoms with van der Waals surface area (Å²) in [6.07, 6.45) is 0.629. The second-order valence-corrected chi connectivity index (χ2v) is 6.82. The summed E-state index contributed by atoms with van der Waals surface area (Å²) in [5, 5.41) is 8.48. The van der Waals surface area contributed by atoms with Gasteiger partial charge in [0.2, 0.25) is 5.91 Å². The minimum absolute atomic E-state index is 0.0129. The molecule has 1 heterocycles. The Bertz CT molecular complexity index is 645. The fourth-order valence-corrected chi connectivity index (χ4v) is 3.94. The number of esters is 1. The first kappa shape index (κ1) is 19.3. The Hall–Kier alpha value is -2.06. The summed E-state index contributed by atoms with van der Waals surface area (Å²) in [7, 11) is 1.35. The van der Waals surface area contributed by atoms with Crippen LogP contribution in [0.15, 0.2) is 24.3 Å². The third-order valence-electron chi connectivity index (χ3n) is 3.93. The molecule has 0 aromatic heterocycles. The van der Waals surface area contributed by atoms with Gasteiger partial charge in [-0.25, -0.2) is 0 Å². The summed E-state index contributed by atoms with van der Waals surface area (Å²) >= 11 is 1.65. The Morgan fingerprint density at radius 3 is 2.76 bits per heavy atom. The van der Waals surface area contributed by atoms with Gasteiger partial charge in [-0.2, -0.15) is 11.8 Å². The second-order valence-electron chi connectivity index (χ2n) is 5.72. The Morgan fingerprint density at radius 1 is 1.32 bits per heavy atom. The maximum absolute atomic E-state index is 12.2. The van der Waals surface area contributed by atoms with Gasteiger partial charge in [-0.15, -0.1) is 0 Å². The van der Waals surface area contributed by atoms with Gasteiger partial charge in [0, 0.05) is 23.5 Å². The van der Waals surface area contributed by atoms with Crippen LogP contribution in [0.2, 0.25) is 0 Å². The van der Waals surface area contributed by atoms with Crippen LogP contribution >= 0.6 is 11.8 Å². The molecule has 1 aliphatic heterocycles. The first-order valence-electron chi connectivity index (χ1n) is 8.10. The summed E-state index contributed by atoms with van der Waals surface area (Å²) in [4.78, 5) is 36.1. The standard InChI is InChI=1S/C17H23N3O4S/c1-3-18-15(22)12-5-4-6-13(9-12)20-14(21)10-19-17(16(23)24-2)7-8-25-11-17/h4-6,9,19H,3,7-8,10-11H2,1-2H3,(H,18,22)(H,20,21). The van der Waals surface area contributed by atoms with E-state index in [1.807, 2.05) is 6.92 Å². The molecule has 7 nitrogen and oxygen atoms in total. The highest BCUT2D eigenvalue weighted by Gasteiger charge is 2.42. The van der Waals surface area contributed by atoms with Crippen molar-refractivity contribution in [1.82, 2.24) is 10.6 Å². The first-order chi connectivity index (χ1) is 12.0. The fourth-order valence-electron chi connectivity index (χ4n) is 2.59. The molecule has 0 bridgehead atoms. The number of ether oxygens (including phenoxy) is 1. The monoisotopic (exact) mass is 365 g/mol. The SMILES string of the molecule is CCNC(=O)c1cccc(NC(=O)CNC2(C(=O)OC)CCSC2)c1. The van der Waals surface area contributed by atoms with Crippen molar-refractivity contribution in [3.8, 4) is 0 Å². The van der Waals surface area contributed by atoms with Crippen molar-refractivity contribution in [2.45, 2.75) is 18.9 Å². The molecule has 1 aromatic carbocycles. The van der Waals surface area contributed by atoms with Crippen molar-refractivity contribution in [2.24, 2.45) is 0 Å². The van der Waals surface area contributed by atoms with E-state index in [9.17, 15) is 14.4 Å². The highest BCUT2D eigenvalue weighted by Crippen LogP contribution is 2.29. The molecule has 25 heavy (non-hydrogen) atoms. The van der Waals surface area contributed by atoms with Gasteiger partial charge in [0.15, 0.2) is 0 Å². The Morgan fingerprint density at radius 2 is 2.12 bits per heavy atom. The van der Waals surface area contributed by atoms with Crippen molar-refractivity contribution in [3.05, 3.63) is 29.8 Å². The molecule has 1 aliphatic rings. The minimum Gasteiger partial charge on any atom is -0.468 e. The predicted octanol–water partition coefficient (Wildman–Crippen LogP) is 1.01. The molecule has 1 fully saturated rings. The molecular formula is C17H23N3O4S. The van der Waals surface area contributed by atoms with Crippen molar-refractivity contribution in [1.29, 1.82) is 0 Å². The predicted molar refractivity (Wildman–Crippen MR) is 97.8 cm³/mol. The maximum Gasteiger partial charge on any atom is 0.326 e. The molecule has 8 heteroatoms. The fraction of sp³-hybridized carbons (Fsp3) is 0.471. The number of carbonyl (C=O) groups excluding carboxylic acids is 3. The molecule has 136 valence electrons. The van der Waals surface area contributed by atoms with Gasteiger partial charge in [-0.3, -0.25) is 19.7 Å². The van der Waals surface area contributed by atoms with E-state index in [1.165, 1.54) is 7.11 Å². The lowest BCUT2D eigenvalue weighted by Crippen LogP contribution is -2.55. The Kier molecular flexibility index (Phi) is 6.83. The quantitative estimate of drug-likeness (QED) is 0.624. The summed E-state index contributed by atoms with van der Waals surface area (Å²) < 4.78 is 4.86. The minimum atomic E-state index is -0.806. The van der Waals surface area contributed by atoms with Gasteiger partial charge in [-0.05, 0) is 37.3 Å². The number of hydrogen-bond acceptors (Lipinski definition) is 6. The maximum atomic E-state index is 12.2. The van der Waals surface area contributed by atoms with Crippen LogP contribution in [0.5, 0.6) is 0 Å². The molecule has 0 aliphatic carbocycles. The molecule has 1 aromatic rings. The third-order valence-corrected chi connectivity index (χ3v) is 5.12. The number of nitrogens with one attached hydrogen (secondary N) is 3. The van der Waals surface area contributed by atoms with E-state index in [0.29, 0.717) is 30.0 Å². The molecular weight excluding hydrogens is 342 g/mol. The van der Waals surface area contributed by atoms with Gasteiger partial charge in [-0.1, -0.05) is 6.07 Å². The highest BCUT2D eigenvalue weighted by atomic mass is 32.2. The molecule has 1 atom stereocenters. The van der Waals surface area contributed by atoms with E-state index in [4.69, 9.17) is 4.74 Å².